The Morgan fingerprint density at radius 1 is 0.927 bits per heavy atom. The Morgan fingerprint density at radius 3 is 2.39 bits per heavy atom. The molecular formula is C30H34N8O3. The number of carbonyl (C=O) groups excluding carboxylic acids is 2. The average molecular weight is 555 g/mol. The number of aromatic nitrogens is 3. The number of hydrogen-bond donors (Lipinski definition) is 4. The van der Waals surface area contributed by atoms with Crippen LogP contribution in [-0.2, 0) is 13.1 Å². The van der Waals surface area contributed by atoms with Gasteiger partial charge in [0, 0.05) is 62.9 Å². The fourth-order valence-corrected chi connectivity index (χ4v) is 4.80. The fraction of sp³-hybridized carbons (Fsp3) is 0.333. The lowest BCUT2D eigenvalue weighted by Crippen LogP contribution is -2.43. The van der Waals surface area contributed by atoms with Crippen LogP contribution in [0.15, 0.2) is 65.2 Å². The third-order valence-electron chi connectivity index (χ3n) is 7.51. The summed E-state index contributed by atoms with van der Waals surface area (Å²) in [5, 5.41) is 19.5. The molecular weight excluding hydrogens is 520 g/mol. The second-order valence-corrected chi connectivity index (χ2v) is 10.8. The van der Waals surface area contributed by atoms with Crippen molar-refractivity contribution in [1.82, 2.24) is 30.5 Å². The Bertz CT molecular complexity index is 1480. The number of H-pyrrole nitrogens is 1. The van der Waals surface area contributed by atoms with E-state index < -0.39 is 0 Å². The minimum Gasteiger partial charge on any atom is -0.359 e. The van der Waals surface area contributed by atoms with Crippen molar-refractivity contribution in [2.45, 2.75) is 31.8 Å². The molecule has 3 heterocycles. The van der Waals surface area contributed by atoms with Crippen LogP contribution in [0, 0.1) is 0 Å². The molecule has 11 heteroatoms. The van der Waals surface area contributed by atoms with Crippen molar-refractivity contribution >= 4 is 23.6 Å². The number of amides is 3. The van der Waals surface area contributed by atoms with Crippen LogP contribution in [0.3, 0.4) is 0 Å². The molecule has 4 aromatic rings. The van der Waals surface area contributed by atoms with Crippen molar-refractivity contribution in [3.05, 3.63) is 83.1 Å². The summed E-state index contributed by atoms with van der Waals surface area (Å²) in [5.41, 5.74) is 4.41. The molecule has 212 valence electrons. The van der Waals surface area contributed by atoms with E-state index >= 15 is 0 Å². The summed E-state index contributed by atoms with van der Waals surface area (Å²) in [6, 6.07) is 18.7. The Labute approximate surface area is 238 Å². The van der Waals surface area contributed by atoms with E-state index in [1.54, 1.807) is 12.1 Å². The smallest absolute Gasteiger partial charge is 0.320 e. The molecule has 0 radical (unpaired) electrons. The van der Waals surface area contributed by atoms with Gasteiger partial charge in [-0.2, -0.15) is 5.10 Å². The number of likely N-dealkylation sites (N-methyl/N-ethyl adjacent to an activating group) is 1. The van der Waals surface area contributed by atoms with Crippen molar-refractivity contribution in [3.63, 3.8) is 0 Å². The molecule has 1 saturated carbocycles. The second-order valence-electron chi connectivity index (χ2n) is 10.8. The Balaban J connectivity index is 0.972. The molecule has 41 heavy (non-hydrogen) atoms. The molecule has 2 aromatic carbocycles. The number of aromatic amines is 1. The van der Waals surface area contributed by atoms with Crippen molar-refractivity contribution in [2.24, 2.45) is 0 Å². The van der Waals surface area contributed by atoms with Gasteiger partial charge in [0.25, 0.3) is 5.91 Å². The molecule has 6 rings (SSSR count). The van der Waals surface area contributed by atoms with Crippen LogP contribution in [0.4, 0.5) is 16.4 Å². The van der Waals surface area contributed by atoms with Gasteiger partial charge in [-0.25, -0.2) is 4.79 Å². The zero-order valence-electron chi connectivity index (χ0n) is 23.0. The van der Waals surface area contributed by atoms with E-state index in [-0.39, 0.29) is 11.9 Å². The van der Waals surface area contributed by atoms with Crippen LogP contribution in [0.5, 0.6) is 0 Å². The number of urea groups is 1. The molecule has 11 nitrogen and oxygen atoms in total. The summed E-state index contributed by atoms with van der Waals surface area (Å²) in [6.45, 7) is 5.53. The van der Waals surface area contributed by atoms with Crippen LogP contribution in [0.1, 0.15) is 46.0 Å². The summed E-state index contributed by atoms with van der Waals surface area (Å²) in [6.07, 6.45) is 2.22. The molecule has 2 fully saturated rings. The molecule has 1 aliphatic heterocycles. The zero-order chi connectivity index (χ0) is 28.2. The normalized spacial score (nSPS) is 15.9. The SMILES string of the molecule is CN1CCN(Cc2ccc(C(=O)Nc3cc(-c4ccc(CNC(=O)Nc5cc(C6CC6)on5)cc4)[nH]n3)cc2)CC1. The zero-order valence-corrected chi connectivity index (χ0v) is 23.0. The highest BCUT2D eigenvalue weighted by molar-refractivity contribution is 6.04. The van der Waals surface area contributed by atoms with Gasteiger partial charge in [0.2, 0.25) is 0 Å². The molecule has 4 N–H and O–H groups in total. The van der Waals surface area contributed by atoms with Gasteiger partial charge in [-0.1, -0.05) is 41.6 Å². The molecule has 2 aliphatic rings. The quantitative estimate of drug-likeness (QED) is 0.243. The van der Waals surface area contributed by atoms with Crippen LogP contribution in [-0.4, -0.2) is 70.3 Å². The van der Waals surface area contributed by atoms with E-state index in [0.717, 1.165) is 68.1 Å². The molecule has 0 unspecified atom stereocenters. The van der Waals surface area contributed by atoms with Crippen molar-refractivity contribution in [2.75, 3.05) is 43.9 Å². The van der Waals surface area contributed by atoms with E-state index in [4.69, 9.17) is 4.52 Å². The predicted octanol–water partition coefficient (Wildman–Crippen LogP) is 4.26. The Kier molecular flexibility index (Phi) is 7.79. The summed E-state index contributed by atoms with van der Waals surface area (Å²) in [5.74, 6) is 1.93. The maximum absolute atomic E-state index is 12.8. The minimum atomic E-state index is -0.344. The van der Waals surface area contributed by atoms with Crippen molar-refractivity contribution in [1.29, 1.82) is 0 Å². The highest BCUT2D eigenvalue weighted by atomic mass is 16.5. The monoisotopic (exact) mass is 554 g/mol. The summed E-state index contributed by atoms with van der Waals surface area (Å²) in [7, 11) is 2.15. The number of nitrogens with zero attached hydrogens (tertiary/aromatic N) is 4. The highest BCUT2D eigenvalue weighted by Crippen LogP contribution is 2.40. The largest absolute Gasteiger partial charge is 0.359 e. The lowest BCUT2D eigenvalue weighted by molar-refractivity contribution is 0.102. The first-order valence-corrected chi connectivity index (χ1v) is 14.0. The predicted molar refractivity (Wildman–Crippen MR) is 156 cm³/mol. The topological polar surface area (TPSA) is 131 Å². The van der Waals surface area contributed by atoms with Gasteiger partial charge >= 0.3 is 6.03 Å². The van der Waals surface area contributed by atoms with E-state index in [0.29, 0.717) is 29.7 Å². The summed E-state index contributed by atoms with van der Waals surface area (Å²) >= 11 is 0. The number of carbonyl (C=O) groups is 2. The molecule has 3 amide bonds. The van der Waals surface area contributed by atoms with Gasteiger partial charge < -0.3 is 20.1 Å². The Morgan fingerprint density at radius 2 is 1.66 bits per heavy atom. The van der Waals surface area contributed by atoms with E-state index in [2.05, 4.69) is 48.2 Å². The number of hydrogen-bond acceptors (Lipinski definition) is 7. The lowest BCUT2D eigenvalue weighted by Gasteiger charge is -2.32. The van der Waals surface area contributed by atoms with E-state index in [1.165, 1.54) is 5.56 Å². The van der Waals surface area contributed by atoms with Gasteiger partial charge in [0.15, 0.2) is 11.6 Å². The van der Waals surface area contributed by atoms with Crippen molar-refractivity contribution in [3.8, 4) is 11.3 Å². The molecule has 0 spiro atoms. The van der Waals surface area contributed by atoms with E-state index in [1.807, 2.05) is 48.5 Å². The standard InChI is InChI=1S/C30H34N8O3/c1-37-12-14-38(15-13-37)19-21-4-8-24(9-5-21)29(39)32-27-16-25(34-35-27)22-6-2-20(3-7-22)18-31-30(40)33-28-17-26(41-36-28)23-10-11-23/h2-9,16-17,23H,10-15,18-19H2,1H3,(H2,31,33,36,40)(H2,32,34,35,39). The highest BCUT2D eigenvalue weighted by Gasteiger charge is 2.28. The molecule has 1 saturated heterocycles. The summed E-state index contributed by atoms with van der Waals surface area (Å²) in [4.78, 5) is 29.8. The van der Waals surface area contributed by atoms with Gasteiger partial charge in [-0.15, -0.1) is 0 Å². The molecule has 1 aliphatic carbocycles. The third kappa shape index (κ3) is 7.00. The van der Waals surface area contributed by atoms with Gasteiger partial charge in [-0.3, -0.25) is 20.1 Å². The molecule has 0 bridgehead atoms. The lowest BCUT2D eigenvalue weighted by atomic mass is 10.1. The van der Waals surface area contributed by atoms with Gasteiger partial charge in [-0.05, 0) is 48.7 Å². The molecule has 2 aromatic heterocycles. The maximum Gasteiger partial charge on any atom is 0.320 e. The number of anilines is 2. The second kappa shape index (κ2) is 11.9. The first kappa shape index (κ1) is 26.7. The van der Waals surface area contributed by atoms with Gasteiger partial charge in [0.1, 0.15) is 5.76 Å². The van der Waals surface area contributed by atoms with Crippen LogP contribution < -0.4 is 16.0 Å². The number of rotatable bonds is 9. The number of benzene rings is 2. The van der Waals surface area contributed by atoms with Crippen LogP contribution in [0.25, 0.3) is 11.3 Å². The first-order valence-electron chi connectivity index (χ1n) is 14.0. The molecule has 0 atom stereocenters. The first-order chi connectivity index (χ1) is 20.0. The van der Waals surface area contributed by atoms with Crippen LogP contribution >= 0.6 is 0 Å². The average Bonchev–Trinajstić information content (AvgIpc) is 3.56. The van der Waals surface area contributed by atoms with E-state index in [9.17, 15) is 9.59 Å². The minimum absolute atomic E-state index is 0.205. The fourth-order valence-electron chi connectivity index (χ4n) is 4.80. The number of nitrogens with one attached hydrogen (secondary N) is 4. The number of piperazine rings is 1. The Hall–Kier alpha value is -4.48. The van der Waals surface area contributed by atoms with Crippen LogP contribution in [0.2, 0.25) is 0 Å². The van der Waals surface area contributed by atoms with Gasteiger partial charge in [0.05, 0.1) is 5.69 Å². The third-order valence-corrected chi connectivity index (χ3v) is 7.51. The van der Waals surface area contributed by atoms with Crippen molar-refractivity contribution < 1.29 is 14.1 Å². The maximum atomic E-state index is 12.8. The summed E-state index contributed by atoms with van der Waals surface area (Å²) < 4.78 is 5.26.